The summed E-state index contributed by atoms with van der Waals surface area (Å²) in [7, 11) is 0. The van der Waals surface area contributed by atoms with Crippen molar-refractivity contribution in [1.29, 1.82) is 0 Å². The van der Waals surface area contributed by atoms with Crippen LogP contribution < -0.4 is 5.32 Å². The van der Waals surface area contributed by atoms with Crippen LogP contribution >= 0.6 is 0 Å². The zero-order chi connectivity index (χ0) is 15.9. The minimum atomic E-state index is 0.527. The van der Waals surface area contributed by atoms with Crippen molar-refractivity contribution in [2.45, 2.75) is 39.5 Å². The lowest BCUT2D eigenvalue weighted by Gasteiger charge is -2.20. The maximum Gasteiger partial charge on any atom is 0.0413 e. The van der Waals surface area contributed by atoms with Crippen LogP contribution in [0.25, 0.3) is 6.08 Å². The number of benzene rings is 2. The molecule has 2 rings (SSSR count). The number of para-hydroxylation sites is 1. The third kappa shape index (κ3) is 4.24. The summed E-state index contributed by atoms with van der Waals surface area (Å²) in [5.74, 6) is 1.05. The molecule has 0 aliphatic heterocycles. The molecular weight excluding hydrogens is 266 g/mol. The first-order chi connectivity index (χ1) is 10.6. The van der Waals surface area contributed by atoms with Gasteiger partial charge in [-0.2, -0.15) is 0 Å². The molecule has 0 heterocycles. The van der Waals surface area contributed by atoms with Gasteiger partial charge in [0.1, 0.15) is 0 Å². The van der Waals surface area contributed by atoms with Crippen molar-refractivity contribution in [3.05, 3.63) is 71.3 Å². The van der Waals surface area contributed by atoms with E-state index in [1.165, 1.54) is 22.4 Å². The molecule has 2 aromatic rings. The van der Waals surface area contributed by atoms with Crippen LogP contribution in [-0.4, -0.2) is 6.54 Å². The van der Waals surface area contributed by atoms with Crippen molar-refractivity contribution in [3.63, 3.8) is 0 Å². The molecule has 0 radical (unpaired) electrons. The Morgan fingerprint density at radius 1 is 0.818 bits per heavy atom. The zero-order valence-corrected chi connectivity index (χ0v) is 14.1. The molecule has 0 aromatic heterocycles. The average molecular weight is 293 g/mol. The molecular formula is C21H27N. The highest BCUT2D eigenvalue weighted by Crippen LogP contribution is 2.32. The van der Waals surface area contributed by atoms with Gasteiger partial charge in [0, 0.05) is 12.2 Å². The fraction of sp³-hybridized carbons (Fsp3) is 0.333. The first-order valence-corrected chi connectivity index (χ1v) is 8.18. The van der Waals surface area contributed by atoms with E-state index in [0.717, 1.165) is 6.54 Å². The Morgan fingerprint density at radius 3 is 1.95 bits per heavy atom. The van der Waals surface area contributed by atoms with E-state index in [0.29, 0.717) is 11.8 Å². The number of anilines is 1. The van der Waals surface area contributed by atoms with Crippen molar-refractivity contribution >= 4 is 11.8 Å². The van der Waals surface area contributed by atoms with Crippen LogP contribution in [0.15, 0.2) is 54.6 Å². The Bertz CT molecular complexity index is 583. The largest absolute Gasteiger partial charge is 0.381 e. The summed E-state index contributed by atoms with van der Waals surface area (Å²) in [5, 5.41) is 3.63. The lowest BCUT2D eigenvalue weighted by atomic mass is 9.92. The Hall–Kier alpha value is -2.02. The summed E-state index contributed by atoms with van der Waals surface area (Å²) < 4.78 is 0. The molecule has 1 heteroatoms. The zero-order valence-electron chi connectivity index (χ0n) is 14.1. The lowest BCUT2D eigenvalue weighted by Crippen LogP contribution is -2.07. The first kappa shape index (κ1) is 16.4. The van der Waals surface area contributed by atoms with Crippen LogP contribution in [0.1, 0.15) is 56.2 Å². The van der Waals surface area contributed by atoms with Crippen molar-refractivity contribution in [3.8, 4) is 0 Å². The van der Waals surface area contributed by atoms with E-state index in [4.69, 9.17) is 0 Å². The Kier molecular flexibility index (Phi) is 5.83. The monoisotopic (exact) mass is 293 g/mol. The van der Waals surface area contributed by atoms with E-state index in [1.807, 2.05) is 6.07 Å². The van der Waals surface area contributed by atoms with Crippen molar-refractivity contribution in [1.82, 2.24) is 0 Å². The summed E-state index contributed by atoms with van der Waals surface area (Å²) >= 11 is 0. The van der Waals surface area contributed by atoms with Gasteiger partial charge in [0.15, 0.2) is 0 Å². The fourth-order valence-electron chi connectivity index (χ4n) is 2.68. The fourth-order valence-corrected chi connectivity index (χ4v) is 2.68. The SMILES string of the molecule is CC(C)c1cccc(C(C)C)c1NC/C=C/c1ccccc1. The number of hydrogen-bond acceptors (Lipinski definition) is 1. The second-order valence-corrected chi connectivity index (χ2v) is 6.31. The predicted molar refractivity (Wildman–Crippen MR) is 98.6 cm³/mol. The molecule has 0 bridgehead atoms. The molecule has 0 saturated heterocycles. The second-order valence-electron chi connectivity index (χ2n) is 6.31. The van der Waals surface area contributed by atoms with E-state index in [1.54, 1.807) is 0 Å². The van der Waals surface area contributed by atoms with Crippen molar-refractivity contribution in [2.75, 3.05) is 11.9 Å². The van der Waals surface area contributed by atoms with Gasteiger partial charge in [-0.05, 0) is 28.5 Å². The average Bonchev–Trinajstić information content (AvgIpc) is 2.52. The van der Waals surface area contributed by atoms with Gasteiger partial charge in [-0.3, -0.25) is 0 Å². The van der Waals surface area contributed by atoms with Crippen LogP contribution in [0.3, 0.4) is 0 Å². The molecule has 0 aliphatic carbocycles. The van der Waals surface area contributed by atoms with Crippen LogP contribution in [0.5, 0.6) is 0 Å². The molecule has 0 unspecified atom stereocenters. The number of nitrogens with one attached hydrogen (secondary N) is 1. The van der Waals surface area contributed by atoms with E-state index >= 15 is 0 Å². The van der Waals surface area contributed by atoms with Gasteiger partial charge in [0.05, 0.1) is 0 Å². The van der Waals surface area contributed by atoms with Crippen molar-refractivity contribution < 1.29 is 0 Å². The standard InChI is InChI=1S/C21H27N/c1-16(2)19-13-8-14-20(17(3)4)21(19)22-15-9-12-18-10-6-5-7-11-18/h5-14,16-17,22H,15H2,1-4H3/b12-9+. The third-order valence-electron chi connectivity index (χ3n) is 3.88. The topological polar surface area (TPSA) is 12.0 Å². The normalized spacial score (nSPS) is 11.5. The van der Waals surface area contributed by atoms with Gasteiger partial charge in [-0.25, -0.2) is 0 Å². The first-order valence-electron chi connectivity index (χ1n) is 8.18. The van der Waals surface area contributed by atoms with E-state index in [9.17, 15) is 0 Å². The number of hydrogen-bond donors (Lipinski definition) is 1. The van der Waals surface area contributed by atoms with E-state index in [2.05, 4.69) is 87.6 Å². The molecule has 0 spiro atoms. The predicted octanol–water partition coefficient (Wildman–Crippen LogP) is 6.06. The van der Waals surface area contributed by atoms with Gasteiger partial charge >= 0.3 is 0 Å². The van der Waals surface area contributed by atoms with Crippen LogP contribution in [0, 0.1) is 0 Å². The maximum atomic E-state index is 3.63. The lowest BCUT2D eigenvalue weighted by molar-refractivity contribution is 0.835. The molecule has 1 nitrogen and oxygen atoms in total. The van der Waals surface area contributed by atoms with Gasteiger partial charge < -0.3 is 5.32 Å². The van der Waals surface area contributed by atoms with Crippen LogP contribution in [0.2, 0.25) is 0 Å². The molecule has 0 fully saturated rings. The molecule has 116 valence electrons. The third-order valence-corrected chi connectivity index (χ3v) is 3.88. The highest BCUT2D eigenvalue weighted by Gasteiger charge is 2.12. The minimum absolute atomic E-state index is 0.527. The maximum absolute atomic E-state index is 3.63. The van der Waals surface area contributed by atoms with Gasteiger partial charge in [0.25, 0.3) is 0 Å². The summed E-state index contributed by atoms with van der Waals surface area (Å²) in [4.78, 5) is 0. The second kappa shape index (κ2) is 7.84. The van der Waals surface area contributed by atoms with Crippen LogP contribution in [0.4, 0.5) is 5.69 Å². The van der Waals surface area contributed by atoms with E-state index in [-0.39, 0.29) is 0 Å². The van der Waals surface area contributed by atoms with Gasteiger partial charge in [0.2, 0.25) is 0 Å². The molecule has 0 atom stereocenters. The highest BCUT2D eigenvalue weighted by atomic mass is 14.9. The molecule has 2 aromatic carbocycles. The minimum Gasteiger partial charge on any atom is -0.381 e. The Morgan fingerprint density at radius 2 is 1.41 bits per heavy atom. The van der Waals surface area contributed by atoms with E-state index < -0.39 is 0 Å². The van der Waals surface area contributed by atoms with Crippen LogP contribution in [-0.2, 0) is 0 Å². The quantitative estimate of drug-likeness (QED) is 0.682. The summed E-state index contributed by atoms with van der Waals surface area (Å²) in [6.07, 6.45) is 4.36. The molecule has 0 amide bonds. The summed E-state index contributed by atoms with van der Waals surface area (Å²) in [6.45, 7) is 9.86. The van der Waals surface area contributed by atoms with Crippen molar-refractivity contribution in [2.24, 2.45) is 0 Å². The molecule has 1 N–H and O–H groups in total. The van der Waals surface area contributed by atoms with Gasteiger partial charge in [-0.15, -0.1) is 0 Å². The number of rotatable bonds is 6. The molecule has 0 saturated carbocycles. The Labute approximate surface area is 135 Å². The summed E-state index contributed by atoms with van der Waals surface area (Å²) in [5.41, 5.74) is 5.36. The smallest absolute Gasteiger partial charge is 0.0413 e. The van der Waals surface area contributed by atoms with Gasteiger partial charge in [-0.1, -0.05) is 88.4 Å². The Balaban J connectivity index is 2.13. The molecule has 0 aliphatic rings. The molecule has 22 heavy (non-hydrogen) atoms. The highest BCUT2D eigenvalue weighted by molar-refractivity contribution is 5.61. The summed E-state index contributed by atoms with van der Waals surface area (Å²) in [6, 6.07) is 17.1.